The van der Waals surface area contributed by atoms with Crippen molar-refractivity contribution in [3.8, 4) is 11.3 Å². The number of aromatic nitrogens is 2. The van der Waals surface area contributed by atoms with Gasteiger partial charge in [0.25, 0.3) is 11.6 Å². The van der Waals surface area contributed by atoms with Crippen molar-refractivity contribution in [2.75, 3.05) is 5.32 Å². The number of amides is 1. The van der Waals surface area contributed by atoms with E-state index in [4.69, 9.17) is 0 Å². The monoisotopic (exact) mass is 320 g/mol. The lowest BCUT2D eigenvalue weighted by atomic mass is 10.0. The second kappa shape index (κ2) is 6.66. The third-order valence-corrected chi connectivity index (χ3v) is 3.37. The van der Waals surface area contributed by atoms with Crippen LogP contribution < -0.4 is 5.32 Å². The molecule has 2 aromatic carbocycles. The Bertz CT molecular complexity index is 880. The molecule has 0 atom stereocenters. The van der Waals surface area contributed by atoms with E-state index < -0.39 is 4.92 Å². The Morgan fingerprint density at radius 1 is 1.04 bits per heavy atom. The van der Waals surface area contributed by atoms with Crippen LogP contribution in [0, 0.1) is 10.1 Å². The molecule has 0 bridgehead atoms. The number of benzene rings is 2. The highest BCUT2D eigenvalue weighted by Gasteiger charge is 2.14. The molecule has 0 spiro atoms. The summed E-state index contributed by atoms with van der Waals surface area (Å²) in [6.07, 6.45) is 3.02. The maximum Gasteiger partial charge on any atom is 0.269 e. The predicted molar refractivity (Wildman–Crippen MR) is 88.5 cm³/mol. The highest BCUT2D eigenvalue weighted by atomic mass is 16.6. The first-order chi connectivity index (χ1) is 11.6. The Morgan fingerprint density at radius 3 is 2.46 bits per heavy atom. The Labute approximate surface area is 137 Å². The minimum absolute atomic E-state index is 0.0330. The van der Waals surface area contributed by atoms with Gasteiger partial charge in [0.1, 0.15) is 6.33 Å². The number of carbonyl (C=O) groups excluding carboxylic acids is 1. The van der Waals surface area contributed by atoms with E-state index in [0.717, 1.165) is 0 Å². The number of nitro benzene ring substituents is 1. The molecular weight excluding hydrogens is 308 g/mol. The van der Waals surface area contributed by atoms with E-state index in [1.54, 1.807) is 30.5 Å². The first-order valence-corrected chi connectivity index (χ1v) is 7.06. The number of hydrogen-bond donors (Lipinski definition) is 1. The number of hydrogen-bond acceptors (Lipinski definition) is 5. The molecule has 7 heteroatoms. The van der Waals surface area contributed by atoms with Crippen LogP contribution in [0.15, 0.2) is 67.1 Å². The SMILES string of the molecule is O=C(Nc1ccc([N+](=O)[O-])cc1)c1ccccc1-c1ccncn1. The van der Waals surface area contributed by atoms with Crippen molar-refractivity contribution in [2.24, 2.45) is 0 Å². The number of anilines is 1. The van der Waals surface area contributed by atoms with Crippen LogP contribution in [-0.4, -0.2) is 20.8 Å². The molecule has 0 saturated carbocycles. The molecule has 118 valence electrons. The van der Waals surface area contributed by atoms with Crippen molar-refractivity contribution < 1.29 is 9.72 Å². The van der Waals surface area contributed by atoms with Gasteiger partial charge in [-0.25, -0.2) is 9.97 Å². The summed E-state index contributed by atoms with van der Waals surface area (Å²) in [5, 5.41) is 13.4. The van der Waals surface area contributed by atoms with Crippen LogP contribution in [0.5, 0.6) is 0 Å². The predicted octanol–water partition coefficient (Wildman–Crippen LogP) is 3.30. The van der Waals surface area contributed by atoms with E-state index in [1.165, 1.54) is 30.6 Å². The van der Waals surface area contributed by atoms with Crippen LogP contribution in [0.1, 0.15) is 10.4 Å². The molecule has 0 aliphatic rings. The van der Waals surface area contributed by atoms with Gasteiger partial charge in [-0.2, -0.15) is 0 Å². The van der Waals surface area contributed by atoms with E-state index in [-0.39, 0.29) is 11.6 Å². The molecule has 0 aliphatic carbocycles. The van der Waals surface area contributed by atoms with Crippen LogP contribution in [0.4, 0.5) is 11.4 Å². The Morgan fingerprint density at radius 2 is 1.79 bits per heavy atom. The van der Waals surface area contributed by atoms with Gasteiger partial charge >= 0.3 is 0 Å². The highest BCUT2D eigenvalue weighted by Crippen LogP contribution is 2.23. The van der Waals surface area contributed by atoms with Gasteiger partial charge in [-0.3, -0.25) is 14.9 Å². The third-order valence-electron chi connectivity index (χ3n) is 3.37. The maximum absolute atomic E-state index is 12.5. The fourth-order valence-corrected chi connectivity index (χ4v) is 2.22. The Kier molecular flexibility index (Phi) is 4.24. The second-order valence-corrected chi connectivity index (χ2v) is 4.90. The zero-order valence-electron chi connectivity index (χ0n) is 12.4. The summed E-state index contributed by atoms with van der Waals surface area (Å²) in [4.78, 5) is 30.7. The minimum atomic E-state index is -0.490. The quantitative estimate of drug-likeness (QED) is 0.587. The van der Waals surface area contributed by atoms with Crippen molar-refractivity contribution in [1.29, 1.82) is 0 Å². The molecule has 1 aromatic heterocycles. The van der Waals surface area contributed by atoms with Crippen LogP contribution in [0.2, 0.25) is 0 Å². The number of carbonyl (C=O) groups is 1. The van der Waals surface area contributed by atoms with E-state index in [2.05, 4.69) is 15.3 Å². The normalized spacial score (nSPS) is 10.2. The zero-order chi connectivity index (χ0) is 16.9. The molecule has 0 radical (unpaired) electrons. The molecule has 7 nitrogen and oxygen atoms in total. The minimum Gasteiger partial charge on any atom is -0.322 e. The van der Waals surface area contributed by atoms with Crippen LogP contribution in [0.3, 0.4) is 0 Å². The number of non-ortho nitro benzene ring substituents is 1. The lowest BCUT2D eigenvalue weighted by Gasteiger charge is -2.09. The zero-order valence-corrected chi connectivity index (χ0v) is 12.4. The van der Waals surface area contributed by atoms with Crippen LogP contribution in [-0.2, 0) is 0 Å². The second-order valence-electron chi connectivity index (χ2n) is 4.90. The molecule has 0 unspecified atom stereocenters. The molecular formula is C17H12N4O3. The molecule has 1 N–H and O–H groups in total. The molecule has 24 heavy (non-hydrogen) atoms. The van der Waals surface area contributed by atoms with E-state index in [0.29, 0.717) is 22.5 Å². The molecule has 0 saturated heterocycles. The van der Waals surface area contributed by atoms with Crippen molar-refractivity contribution >= 4 is 17.3 Å². The fourth-order valence-electron chi connectivity index (χ4n) is 2.22. The largest absolute Gasteiger partial charge is 0.322 e. The fraction of sp³-hybridized carbons (Fsp3) is 0. The van der Waals surface area contributed by atoms with Crippen molar-refractivity contribution in [3.05, 3.63) is 82.8 Å². The molecule has 3 rings (SSSR count). The van der Waals surface area contributed by atoms with Gasteiger partial charge in [0.2, 0.25) is 0 Å². The van der Waals surface area contributed by atoms with E-state index >= 15 is 0 Å². The average Bonchev–Trinajstić information content (AvgIpc) is 2.63. The summed E-state index contributed by atoms with van der Waals surface area (Å²) in [6.45, 7) is 0. The van der Waals surface area contributed by atoms with Gasteiger partial charge in [0.05, 0.1) is 10.6 Å². The number of nitrogens with zero attached hydrogens (tertiary/aromatic N) is 3. The van der Waals surface area contributed by atoms with Gasteiger partial charge in [-0.05, 0) is 24.3 Å². The van der Waals surface area contributed by atoms with E-state index in [1.807, 2.05) is 6.07 Å². The molecule has 1 amide bonds. The average molecular weight is 320 g/mol. The van der Waals surface area contributed by atoms with E-state index in [9.17, 15) is 14.9 Å². The molecule has 0 fully saturated rings. The van der Waals surface area contributed by atoms with Gasteiger partial charge in [0, 0.05) is 35.1 Å². The van der Waals surface area contributed by atoms with Gasteiger partial charge in [-0.1, -0.05) is 18.2 Å². The van der Waals surface area contributed by atoms with Crippen LogP contribution in [0.25, 0.3) is 11.3 Å². The third kappa shape index (κ3) is 3.25. The molecule has 3 aromatic rings. The first-order valence-electron chi connectivity index (χ1n) is 7.06. The van der Waals surface area contributed by atoms with Crippen molar-refractivity contribution in [1.82, 2.24) is 9.97 Å². The standard InChI is InChI=1S/C17H12N4O3/c22-17(20-12-5-7-13(8-6-12)21(23)24)15-4-2-1-3-14(15)16-9-10-18-11-19-16/h1-11H,(H,20,22). The van der Waals surface area contributed by atoms with Gasteiger partial charge < -0.3 is 5.32 Å². The maximum atomic E-state index is 12.5. The molecule has 1 heterocycles. The summed E-state index contributed by atoms with van der Waals surface area (Å²) in [5.41, 5.74) is 2.21. The van der Waals surface area contributed by atoms with Gasteiger partial charge in [0.15, 0.2) is 0 Å². The van der Waals surface area contributed by atoms with Crippen molar-refractivity contribution in [2.45, 2.75) is 0 Å². The summed E-state index contributed by atoms with van der Waals surface area (Å²) < 4.78 is 0. The smallest absolute Gasteiger partial charge is 0.269 e. The summed E-state index contributed by atoms with van der Waals surface area (Å²) in [7, 11) is 0. The Balaban J connectivity index is 1.87. The number of nitro groups is 1. The first kappa shape index (κ1) is 15.3. The highest BCUT2D eigenvalue weighted by molar-refractivity contribution is 6.08. The number of nitrogens with one attached hydrogen (secondary N) is 1. The van der Waals surface area contributed by atoms with Gasteiger partial charge in [-0.15, -0.1) is 0 Å². The Hall–Kier alpha value is -3.61. The lowest BCUT2D eigenvalue weighted by Crippen LogP contribution is -2.13. The summed E-state index contributed by atoms with van der Waals surface area (Å²) >= 11 is 0. The molecule has 0 aliphatic heterocycles. The van der Waals surface area contributed by atoms with Crippen molar-refractivity contribution in [3.63, 3.8) is 0 Å². The van der Waals surface area contributed by atoms with Crippen LogP contribution >= 0.6 is 0 Å². The summed E-state index contributed by atoms with van der Waals surface area (Å²) in [6, 6.07) is 14.4. The lowest BCUT2D eigenvalue weighted by molar-refractivity contribution is -0.384. The summed E-state index contributed by atoms with van der Waals surface area (Å²) in [5.74, 6) is -0.321. The topological polar surface area (TPSA) is 98.0 Å². The number of rotatable bonds is 4.